The summed E-state index contributed by atoms with van der Waals surface area (Å²) in [4.78, 5) is 0. The average molecular weight is 549 g/mol. The molecule has 2 atom stereocenters. The van der Waals surface area contributed by atoms with Crippen molar-refractivity contribution in [3.63, 3.8) is 0 Å². The molecule has 0 fully saturated rings. The SMILES string of the molecule is CCCCCCCCCCCCC1(CCCCCCCC)C=CC(c2ccc(-c3ccccc3)cc2)=C(F)C1F. The molecule has 2 aromatic carbocycles. The Labute approximate surface area is 244 Å². The van der Waals surface area contributed by atoms with Gasteiger partial charge in [-0.1, -0.05) is 183 Å². The summed E-state index contributed by atoms with van der Waals surface area (Å²) in [7, 11) is 0. The zero-order valence-electron chi connectivity index (χ0n) is 25.4. The van der Waals surface area contributed by atoms with Crippen LogP contribution in [0, 0.1) is 5.41 Å². The molecule has 2 heteroatoms. The first kappa shape index (κ1) is 32.3. The lowest BCUT2D eigenvalue weighted by atomic mass is 9.70. The van der Waals surface area contributed by atoms with E-state index in [0.29, 0.717) is 5.57 Å². The topological polar surface area (TPSA) is 0 Å². The van der Waals surface area contributed by atoms with Crippen LogP contribution in [0.1, 0.15) is 135 Å². The summed E-state index contributed by atoms with van der Waals surface area (Å²) < 4.78 is 31.9. The Hall–Kier alpha value is -2.22. The van der Waals surface area contributed by atoms with Crippen molar-refractivity contribution in [1.29, 1.82) is 0 Å². The van der Waals surface area contributed by atoms with E-state index in [-0.39, 0.29) is 0 Å². The highest BCUT2D eigenvalue weighted by Crippen LogP contribution is 2.47. The summed E-state index contributed by atoms with van der Waals surface area (Å²) in [6.45, 7) is 4.48. The van der Waals surface area contributed by atoms with Gasteiger partial charge in [0.2, 0.25) is 0 Å². The quantitative estimate of drug-likeness (QED) is 0.144. The van der Waals surface area contributed by atoms with Crippen LogP contribution in [0.25, 0.3) is 16.7 Å². The normalized spacial score (nSPS) is 18.9. The minimum absolute atomic E-state index is 0.411. The van der Waals surface area contributed by atoms with Crippen molar-refractivity contribution in [1.82, 2.24) is 0 Å². The van der Waals surface area contributed by atoms with Gasteiger partial charge in [-0.15, -0.1) is 0 Å². The number of hydrogen-bond donors (Lipinski definition) is 0. The minimum Gasteiger partial charge on any atom is -0.239 e. The number of unbranched alkanes of at least 4 members (excludes halogenated alkanes) is 14. The van der Waals surface area contributed by atoms with E-state index in [2.05, 4.69) is 26.0 Å². The predicted octanol–water partition coefficient (Wildman–Crippen LogP) is 13.0. The zero-order valence-corrected chi connectivity index (χ0v) is 25.4. The van der Waals surface area contributed by atoms with Crippen LogP contribution in [0.4, 0.5) is 8.78 Å². The second-order valence-electron chi connectivity index (χ2n) is 12.1. The van der Waals surface area contributed by atoms with E-state index in [1.807, 2.05) is 54.6 Å². The van der Waals surface area contributed by atoms with Gasteiger partial charge in [-0.05, 0) is 29.5 Å². The van der Waals surface area contributed by atoms with Gasteiger partial charge in [0.05, 0.1) is 0 Å². The number of allylic oxidation sites excluding steroid dienone is 4. The van der Waals surface area contributed by atoms with Crippen LogP contribution in [-0.4, -0.2) is 6.17 Å². The molecule has 0 aliphatic heterocycles. The lowest BCUT2D eigenvalue weighted by Crippen LogP contribution is -2.33. The molecule has 0 N–H and O–H groups in total. The van der Waals surface area contributed by atoms with E-state index >= 15 is 8.78 Å². The molecule has 220 valence electrons. The third-order valence-electron chi connectivity index (χ3n) is 8.86. The molecule has 0 amide bonds. The Morgan fingerprint density at radius 2 is 0.975 bits per heavy atom. The van der Waals surface area contributed by atoms with E-state index in [0.717, 1.165) is 55.2 Å². The molecular weight excluding hydrogens is 494 g/mol. The molecule has 0 spiro atoms. The van der Waals surface area contributed by atoms with Crippen LogP contribution in [0.5, 0.6) is 0 Å². The Morgan fingerprint density at radius 3 is 1.48 bits per heavy atom. The van der Waals surface area contributed by atoms with Gasteiger partial charge >= 0.3 is 0 Å². The van der Waals surface area contributed by atoms with Crippen molar-refractivity contribution in [2.45, 2.75) is 136 Å². The first-order valence-electron chi connectivity index (χ1n) is 16.5. The molecule has 0 heterocycles. The molecule has 40 heavy (non-hydrogen) atoms. The zero-order chi connectivity index (χ0) is 28.5. The first-order valence-corrected chi connectivity index (χ1v) is 16.5. The molecule has 1 aliphatic carbocycles. The summed E-state index contributed by atoms with van der Waals surface area (Å²) >= 11 is 0. The van der Waals surface area contributed by atoms with Crippen molar-refractivity contribution < 1.29 is 8.78 Å². The smallest absolute Gasteiger partial charge is 0.161 e. The molecule has 0 nitrogen and oxygen atoms in total. The second kappa shape index (κ2) is 18.3. The molecule has 0 saturated carbocycles. The monoisotopic (exact) mass is 548 g/mol. The number of halogens is 2. The maximum Gasteiger partial charge on any atom is 0.161 e. The van der Waals surface area contributed by atoms with E-state index < -0.39 is 17.4 Å². The standard InChI is InChI=1S/C38H54F2/c1-3-5-7-9-11-12-13-14-16-21-30-38(29-20-15-10-8-6-4-2)31-28-35(36(39)37(38)40)34-26-24-33(25-27-34)32-22-18-17-19-23-32/h17-19,22-28,31,37H,3-16,20-21,29-30H2,1-2H3. The first-order chi connectivity index (χ1) is 19.6. The number of hydrogen-bond acceptors (Lipinski definition) is 0. The number of rotatable bonds is 20. The van der Waals surface area contributed by atoms with E-state index in [1.165, 1.54) is 77.0 Å². The molecule has 1 aliphatic rings. The Kier molecular flexibility index (Phi) is 14.7. The highest BCUT2D eigenvalue weighted by atomic mass is 19.2. The lowest BCUT2D eigenvalue weighted by molar-refractivity contribution is 0.131. The highest BCUT2D eigenvalue weighted by Gasteiger charge is 2.42. The van der Waals surface area contributed by atoms with E-state index in [9.17, 15) is 0 Å². The summed E-state index contributed by atoms with van der Waals surface area (Å²) in [5, 5.41) is 0. The van der Waals surface area contributed by atoms with Crippen molar-refractivity contribution in [3.8, 4) is 11.1 Å². The van der Waals surface area contributed by atoms with E-state index in [4.69, 9.17) is 0 Å². The number of benzene rings is 2. The largest absolute Gasteiger partial charge is 0.239 e. The summed E-state index contributed by atoms with van der Waals surface area (Å²) in [6.07, 6.45) is 23.4. The predicted molar refractivity (Wildman–Crippen MR) is 171 cm³/mol. The second-order valence-corrected chi connectivity index (χ2v) is 12.1. The fraction of sp³-hybridized carbons (Fsp3) is 0.579. The van der Waals surface area contributed by atoms with Crippen LogP contribution in [0.2, 0.25) is 0 Å². The van der Waals surface area contributed by atoms with Crippen molar-refractivity contribution >= 4 is 5.57 Å². The Balaban J connectivity index is 1.60. The average Bonchev–Trinajstić information content (AvgIpc) is 2.99. The van der Waals surface area contributed by atoms with Gasteiger partial charge in [0.15, 0.2) is 6.17 Å². The summed E-state index contributed by atoms with van der Waals surface area (Å²) in [5.74, 6) is -0.576. The Bertz CT molecular complexity index is 1000. The van der Waals surface area contributed by atoms with Gasteiger partial charge in [-0.2, -0.15) is 0 Å². The Morgan fingerprint density at radius 1 is 0.550 bits per heavy atom. The van der Waals surface area contributed by atoms with Gasteiger partial charge in [0.25, 0.3) is 0 Å². The van der Waals surface area contributed by atoms with Crippen LogP contribution in [0.3, 0.4) is 0 Å². The molecule has 0 radical (unpaired) electrons. The molecule has 2 aromatic rings. The summed E-state index contributed by atoms with van der Waals surface area (Å²) in [5.41, 5.74) is 2.67. The lowest BCUT2D eigenvalue weighted by Gasteiger charge is -2.37. The highest BCUT2D eigenvalue weighted by molar-refractivity contribution is 5.79. The minimum atomic E-state index is -1.56. The molecule has 0 aromatic heterocycles. The van der Waals surface area contributed by atoms with Crippen LogP contribution >= 0.6 is 0 Å². The van der Waals surface area contributed by atoms with Crippen molar-refractivity contribution in [3.05, 3.63) is 78.1 Å². The maximum atomic E-state index is 16.1. The van der Waals surface area contributed by atoms with Gasteiger partial charge < -0.3 is 0 Å². The fourth-order valence-electron chi connectivity index (χ4n) is 6.23. The van der Waals surface area contributed by atoms with Gasteiger partial charge in [-0.3, -0.25) is 0 Å². The molecule has 3 rings (SSSR count). The van der Waals surface area contributed by atoms with Crippen LogP contribution < -0.4 is 0 Å². The van der Waals surface area contributed by atoms with Gasteiger partial charge in [0.1, 0.15) is 5.83 Å². The van der Waals surface area contributed by atoms with Crippen molar-refractivity contribution in [2.75, 3.05) is 0 Å². The number of alkyl halides is 1. The van der Waals surface area contributed by atoms with Gasteiger partial charge in [-0.25, -0.2) is 8.78 Å². The van der Waals surface area contributed by atoms with Gasteiger partial charge in [0, 0.05) is 11.0 Å². The van der Waals surface area contributed by atoms with Crippen LogP contribution in [0.15, 0.2) is 72.6 Å². The maximum absolute atomic E-state index is 16.1. The fourth-order valence-corrected chi connectivity index (χ4v) is 6.23. The molecule has 2 unspecified atom stereocenters. The van der Waals surface area contributed by atoms with Crippen LogP contribution in [-0.2, 0) is 0 Å². The van der Waals surface area contributed by atoms with Crippen molar-refractivity contribution in [2.24, 2.45) is 5.41 Å². The molecule has 0 bridgehead atoms. The van der Waals surface area contributed by atoms with E-state index in [1.54, 1.807) is 0 Å². The summed E-state index contributed by atoms with van der Waals surface area (Å²) in [6, 6.07) is 18.0. The molecule has 0 saturated heterocycles. The molecular formula is C38H54F2. The third-order valence-corrected chi connectivity index (χ3v) is 8.86. The third kappa shape index (κ3) is 10.0.